The average molecular weight is 255 g/mol. The van der Waals surface area contributed by atoms with E-state index in [1.807, 2.05) is 13.8 Å². The first kappa shape index (κ1) is 13.7. The number of carboxylic acids is 1. The molecule has 0 unspecified atom stereocenters. The molecule has 94 valence electrons. The summed E-state index contributed by atoms with van der Waals surface area (Å²) < 4.78 is 0. The van der Waals surface area contributed by atoms with Crippen molar-refractivity contribution < 1.29 is 14.7 Å². The van der Waals surface area contributed by atoms with Crippen molar-refractivity contribution in [1.82, 2.24) is 4.90 Å². The molecular formula is C12H17NO3S. The Morgan fingerprint density at radius 1 is 1.35 bits per heavy atom. The first-order chi connectivity index (χ1) is 7.67. The number of nitrogens with zero attached hydrogens (tertiary/aromatic N) is 1. The van der Waals surface area contributed by atoms with E-state index in [-0.39, 0.29) is 5.91 Å². The van der Waals surface area contributed by atoms with E-state index in [1.54, 1.807) is 6.07 Å². The molecule has 0 aliphatic heterocycles. The Morgan fingerprint density at radius 2 is 1.88 bits per heavy atom. The first-order valence-electron chi connectivity index (χ1n) is 5.26. The number of carboxylic acid groups (broad SMARTS) is 1. The molecule has 1 aromatic heterocycles. The molecule has 1 N–H and O–H groups in total. The molecule has 1 aromatic rings. The van der Waals surface area contributed by atoms with Crippen molar-refractivity contribution in [1.29, 1.82) is 0 Å². The minimum Gasteiger partial charge on any atom is -0.480 e. The van der Waals surface area contributed by atoms with Gasteiger partial charge in [0.15, 0.2) is 0 Å². The van der Waals surface area contributed by atoms with Crippen LogP contribution in [0.25, 0.3) is 0 Å². The van der Waals surface area contributed by atoms with Crippen molar-refractivity contribution in [2.24, 2.45) is 0 Å². The lowest BCUT2D eigenvalue weighted by molar-refractivity contribution is -0.147. The van der Waals surface area contributed by atoms with Crippen molar-refractivity contribution in [2.45, 2.75) is 33.2 Å². The van der Waals surface area contributed by atoms with Gasteiger partial charge in [0.1, 0.15) is 5.54 Å². The lowest BCUT2D eigenvalue weighted by Gasteiger charge is -2.31. The minimum absolute atomic E-state index is 0.251. The molecule has 0 aromatic carbocycles. The van der Waals surface area contributed by atoms with Gasteiger partial charge in [-0.1, -0.05) is 0 Å². The Hall–Kier alpha value is -1.36. The summed E-state index contributed by atoms with van der Waals surface area (Å²) in [7, 11) is 1.51. The fourth-order valence-electron chi connectivity index (χ4n) is 1.24. The molecule has 1 amide bonds. The lowest BCUT2D eigenvalue weighted by Crippen LogP contribution is -2.50. The van der Waals surface area contributed by atoms with Gasteiger partial charge >= 0.3 is 5.97 Å². The van der Waals surface area contributed by atoms with Crippen molar-refractivity contribution >= 4 is 23.2 Å². The van der Waals surface area contributed by atoms with Crippen LogP contribution in [0.4, 0.5) is 0 Å². The summed E-state index contributed by atoms with van der Waals surface area (Å²) in [4.78, 5) is 26.1. The number of thiophene rings is 1. The van der Waals surface area contributed by atoms with E-state index in [4.69, 9.17) is 5.11 Å². The number of likely N-dealkylation sites (N-methyl/N-ethyl adjacent to an activating group) is 1. The Balaban J connectivity index is 3.02. The van der Waals surface area contributed by atoms with E-state index >= 15 is 0 Å². The zero-order valence-corrected chi connectivity index (χ0v) is 11.5. The van der Waals surface area contributed by atoms with Crippen LogP contribution in [0.2, 0.25) is 0 Å². The highest BCUT2D eigenvalue weighted by Crippen LogP contribution is 2.24. The maximum Gasteiger partial charge on any atom is 0.329 e. The summed E-state index contributed by atoms with van der Waals surface area (Å²) >= 11 is 1.39. The van der Waals surface area contributed by atoms with Crippen LogP contribution in [-0.2, 0) is 4.79 Å². The number of aliphatic carboxylic acids is 1. The fraction of sp³-hybridized carbons (Fsp3) is 0.500. The smallest absolute Gasteiger partial charge is 0.329 e. The molecular weight excluding hydrogens is 238 g/mol. The Bertz CT molecular complexity index is 443. The van der Waals surface area contributed by atoms with Gasteiger partial charge in [-0.3, -0.25) is 4.79 Å². The highest BCUT2D eigenvalue weighted by atomic mass is 32.1. The minimum atomic E-state index is -1.21. The van der Waals surface area contributed by atoms with Gasteiger partial charge in [-0.25, -0.2) is 4.79 Å². The van der Waals surface area contributed by atoms with E-state index in [0.717, 1.165) is 10.4 Å². The number of amides is 1. The molecule has 0 bridgehead atoms. The van der Waals surface area contributed by atoms with Crippen LogP contribution in [-0.4, -0.2) is 34.5 Å². The van der Waals surface area contributed by atoms with Crippen LogP contribution >= 0.6 is 11.3 Å². The number of hydrogen-bond acceptors (Lipinski definition) is 3. The number of carbonyl (C=O) groups excluding carboxylic acids is 1. The van der Waals surface area contributed by atoms with E-state index in [9.17, 15) is 9.59 Å². The van der Waals surface area contributed by atoms with E-state index < -0.39 is 11.5 Å². The molecule has 1 rings (SSSR count). The van der Waals surface area contributed by atoms with Gasteiger partial charge in [-0.2, -0.15) is 0 Å². The molecule has 0 atom stereocenters. The standard InChI is InChI=1S/C12H17NO3S/c1-7-6-9(17-8(7)2)10(14)13(5)12(3,4)11(15)16/h6H,1-5H3,(H,15,16). The zero-order valence-electron chi connectivity index (χ0n) is 10.7. The first-order valence-corrected chi connectivity index (χ1v) is 6.08. The number of carbonyl (C=O) groups is 2. The van der Waals surface area contributed by atoms with Crippen molar-refractivity contribution in [2.75, 3.05) is 7.05 Å². The quantitative estimate of drug-likeness (QED) is 0.901. The number of rotatable bonds is 3. The SMILES string of the molecule is Cc1cc(C(=O)N(C)C(C)(C)C(=O)O)sc1C. The summed E-state index contributed by atoms with van der Waals surface area (Å²) in [6.07, 6.45) is 0. The van der Waals surface area contributed by atoms with Gasteiger partial charge in [-0.15, -0.1) is 11.3 Å². The molecule has 0 saturated heterocycles. The molecule has 5 heteroatoms. The predicted molar refractivity (Wildman–Crippen MR) is 67.6 cm³/mol. The second kappa shape index (κ2) is 4.49. The summed E-state index contributed by atoms with van der Waals surface area (Å²) in [5.41, 5.74) is -0.150. The maximum atomic E-state index is 12.1. The molecule has 0 aliphatic carbocycles. The van der Waals surface area contributed by atoms with E-state index in [0.29, 0.717) is 4.88 Å². The number of hydrogen-bond donors (Lipinski definition) is 1. The normalized spacial score (nSPS) is 11.4. The molecule has 4 nitrogen and oxygen atoms in total. The summed E-state index contributed by atoms with van der Waals surface area (Å²) in [6, 6.07) is 1.80. The molecule has 0 aliphatic rings. The van der Waals surface area contributed by atoms with Crippen molar-refractivity contribution in [3.63, 3.8) is 0 Å². The molecule has 0 spiro atoms. The van der Waals surface area contributed by atoms with Crippen LogP contribution in [0.3, 0.4) is 0 Å². The third-order valence-corrected chi connectivity index (χ3v) is 4.18. The van der Waals surface area contributed by atoms with Gasteiger partial charge in [0.25, 0.3) is 5.91 Å². The van der Waals surface area contributed by atoms with Gasteiger partial charge < -0.3 is 10.0 Å². The van der Waals surface area contributed by atoms with Crippen molar-refractivity contribution in [3.8, 4) is 0 Å². The maximum absolute atomic E-state index is 12.1. The largest absolute Gasteiger partial charge is 0.480 e. The van der Waals surface area contributed by atoms with Crippen LogP contribution < -0.4 is 0 Å². The van der Waals surface area contributed by atoms with Crippen LogP contribution in [0.15, 0.2) is 6.07 Å². The van der Waals surface area contributed by atoms with E-state index in [1.165, 1.54) is 37.1 Å². The van der Waals surface area contributed by atoms with Crippen LogP contribution in [0, 0.1) is 13.8 Å². The lowest BCUT2D eigenvalue weighted by atomic mass is 10.0. The monoisotopic (exact) mass is 255 g/mol. The second-order valence-corrected chi connectivity index (χ2v) is 5.83. The van der Waals surface area contributed by atoms with Crippen molar-refractivity contribution in [3.05, 3.63) is 21.4 Å². The third kappa shape index (κ3) is 2.49. The fourth-order valence-corrected chi connectivity index (χ4v) is 2.25. The predicted octanol–water partition coefficient (Wildman–Crippen LogP) is 2.30. The zero-order chi connectivity index (χ0) is 13.4. The topological polar surface area (TPSA) is 57.6 Å². The summed E-state index contributed by atoms with van der Waals surface area (Å²) in [6.45, 7) is 6.91. The molecule has 0 radical (unpaired) electrons. The second-order valence-electron chi connectivity index (χ2n) is 4.58. The number of aryl methyl sites for hydroxylation is 2. The Morgan fingerprint density at radius 3 is 2.24 bits per heavy atom. The van der Waals surface area contributed by atoms with Gasteiger partial charge in [0.2, 0.25) is 0 Å². The molecule has 1 heterocycles. The van der Waals surface area contributed by atoms with E-state index in [2.05, 4.69) is 0 Å². The highest BCUT2D eigenvalue weighted by molar-refractivity contribution is 7.14. The molecule has 0 saturated carbocycles. The molecule has 0 fully saturated rings. The van der Waals surface area contributed by atoms with Gasteiger partial charge in [0, 0.05) is 11.9 Å². The third-order valence-electron chi connectivity index (χ3n) is 3.04. The Kier molecular flexibility index (Phi) is 3.62. The highest BCUT2D eigenvalue weighted by Gasteiger charge is 2.36. The van der Waals surface area contributed by atoms with Crippen LogP contribution in [0.1, 0.15) is 34.0 Å². The average Bonchev–Trinajstić information content (AvgIpc) is 2.56. The summed E-state index contributed by atoms with van der Waals surface area (Å²) in [5.74, 6) is -1.27. The summed E-state index contributed by atoms with van der Waals surface area (Å²) in [5, 5.41) is 9.08. The van der Waals surface area contributed by atoms with Crippen LogP contribution in [0.5, 0.6) is 0 Å². The molecule has 17 heavy (non-hydrogen) atoms. The van der Waals surface area contributed by atoms with Gasteiger partial charge in [-0.05, 0) is 39.3 Å². The Labute approximate surface area is 105 Å². The van der Waals surface area contributed by atoms with Gasteiger partial charge in [0.05, 0.1) is 4.88 Å².